The highest BCUT2D eigenvalue weighted by Crippen LogP contribution is 2.20. The fourth-order valence-corrected chi connectivity index (χ4v) is 4.51. The SMILES string of the molecule is Cc1ccc(S(=O)(=O)S(=O)(=O)Nc2ccccc2)cc1. The van der Waals surface area contributed by atoms with Crippen LogP contribution in [-0.4, -0.2) is 16.8 Å². The maximum atomic E-state index is 12.1. The molecule has 5 nitrogen and oxygen atoms in total. The third-order valence-corrected chi connectivity index (χ3v) is 7.09. The van der Waals surface area contributed by atoms with E-state index in [0.717, 1.165) is 5.56 Å². The van der Waals surface area contributed by atoms with Crippen molar-refractivity contribution in [3.8, 4) is 0 Å². The molecule has 0 bridgehead atoms. The van der Waals surface area contributed by atoms with Crippen molar-refractivity contribution in [3.05, 3.63) is 60.2 Å². The van der Waals surface area contributed by atoms with E-state index in [4.69, 9.17) is 0 Å². The van der Waals surface area contributed by atoms with E-state index in [0.29, 0.717) is 0 Å². The first-order valence-corrected chi connectivity index (χ1v) is 9.21. The van der Waals surface area contributed by atoms with Crippen molar-refractivity contribution in [2.45, 2.75) is 11.8 Å². The summed E-state index contributed by atoms with van der Waals surface area (Å²) in [7, 11) is -9.05. The van der Waals surface area contributed by atoms with E-state index < -0.39 is 17.9 Å². The second-order valence-electron chi connectivity index (χ2n) is 4.19. The van der Waals surface area contributed by atoms with Gasteiger partial charge in [-0.15, -0.1) is 0 Å². The minimum Gasteiger partial charge on any atom is -0.271 e. The summed E-state index contributed by atoms with van der Waals surface area (Å²) in [4.78, 5) is -0.258. The van der Waals surface area contributed by atoms with Crippen molar-refractivity contribution in [1.82, 2.24) is 0 Å². The molecular weight excluding hydrogens is 298 g/mol. The Kier molecular flexibility index (Phi) is 3.82. The van der Waals surface area contributed by atoms with E-state index in [1.807, 2.05) is 0 Å². The zero-order valence-electron chi connectivity index (χ0n) is 10.6. The smallest absolute Gasteiger partial charge is 0.271 e. The number of hydrogen-bond donors (Lipinski definition) is 1. The molecule has 0 unspecified atom stereocenters. The van der Waals surface area contributed by atoms with Gasteiger partial charge in [0, 0.05) is 5.69 Å². The fourth-order valence-electron chi connectivity index (χ4n) is 1.54. The molecule has 0 heterocycles. The second-order valence-corrected chi connectivity index (χ2v) is 9.31. The molecule has 0 saturated carbocycles. The van der Waals surface area contributed by atoms with Crippen LogP contribution >= 0.6 is 0 Å². The Hall–Kier alpha value is -1.86. The minimum atomic E-state index is -4.56. The molecule has 106 valence electrons. The Morgan fingerprint density at radius 3 is 1.90 bits per heavy atom. The summed E-state index contributed by atoms with van der Waals surface area (Å²) in [6.45, 7) is 1.78. The standard InChI is InChI=1S/C13H13NO4S2/c1-11-7-9-13(10-8-11)19(15,16)20(17,18)14-12-5-3-2-4-6-12/h2-10,14H,1H3. The molecule has 0 atom stereocenters. The van der Waals surface area contributed by atoms with Crippen molar-refractivity contribution in [2.75, 3.05) is 4.72 Å². The predicted octanol–water partition coefficient (Wildman–Crippen LogP) is 2.13. The van der Waals surface area contributed by atoms with Crippen LogP contribution in [0.1, 0.15) is 5.56 Å². The van der Waals surface area contributed by atoms with Crippen molar-refractivity contribution in [1.29, 1.82) is 0 Å². The van der Waals surface area contributed by atoms with Gasteiger partial charge in [-0.1, -0.05) is 35.9 Å². The maximum absolute atomic E-state index is 12.1. The van der Waals surface area contributed by atoms with Crippen LogP contribution in [0.2, 0.25) is 0 Å². The van der Waals surface area contributed by atoms with Gasteiger partial charge in [-0.3, -0.25) is 4.72 Å². The monoisotopic (exact) mass is 311 g/mol. The van der Waals surface area contributed by atoms with E-state index in [2.05, 4.69) is 4.72 Å². The van der Waals surface area contributed by atoms with Crippen molar-refractivity contribution in [3.63, 3.8) is 0 Å². The summed E-state index contributed by atoms with van der Waals surface area (Å²) < 4.78 is 50.3. The zero-order chi connectivity index (χ0) is 14.8. The van der Waals surface area contributed by atoms with Crippen LogP contribution in [0.25, 0.3) is 0 Å². The van der Waals surface area contributed by atoms with Gasteiger partial charge in [0.25, 0.3) is 8.87 Å². The number of aryl methyl sites for hydroxylation is 1. The average molecular weight is 311 g/mol. The van der Waals surface area contributed by atoms with Crippen molar-refractivity contribution < 1.29 is 16.8 Å². The molecule has 0 amide bonds. The van der Waals surface area contributed by atoms with E-state index in [-0.39, 0.29) is 10.6 Å². The first-order chi connectivity index (χ1) is 9.33. The fraction of sp³-hybridized carbons (Fsp3) is 0.0769. The van der Waals surface area contributed by atoms with Gasteiger partial charge in [0.05, 0.1) is 4.90 Å². The topological polar surface area (TPSA) is 80.3 Å². The van der Waals surface area contributed by atoms with E-state index in [1.54, 1.807) is 37.3 Å². The number of rotatable bonds is 4. The molecule has 2 aromatic carbocycles. The average Bonchev–Trinajstić information content (AvgIpc) is 2.39. The first-order valence-electron chi connectivity index (χ1n) is 5.72. The third-order valence-electron chi connectivity index (χ3n) is 2.62. The Labute approximate surface area is 117 Å². The summed E-state index contributed by atoms with van der Waals surface area (Å²) in [6.07, 6.45) is 0. The van der Waals surface area contributed by atoms with Gasteiger partial charge in [0.1, 0.15) is 0 Å². The third kappa shape index (κ3) is 2.83. The molecule has 0 aliphatic carbocycles. The second kappa shape index (κ2) is 5.26. The quantitative estimate of drug-likeness (QED) is 0.877. The minimum absolute atomic E-state index is 0.197. The molecule has 0 fully saturated rings. The molecule has 2 aromatic rings. The van der Waals surface area contributed by atoms with Crippen molar-refractivity contribution >= 4 is 23.6 Å². The summed E-state index contributed by atoms with van der Waals surface area (Å²) in [6, 6.07) is 13.5. The number of anilines is 1. The van der Waals surface area contributed by atoms with E-state index in [1.165, 1.54) is 24.3 Å². The Morgan fingerprint density at radius 2 is 1.35 bits per heavy atom. The molecule has 7 heteroatoms. The summed E-state index contributed by atoms with van der Waals surface area (Å²) in [5.74, 6) is 0. The molecule has 2 rings (SSSR count). The van der Waals surface area contributed by atoms with E-state index in [9.17, 15) is 16.8 Å². The molecular formula is C13H13NO4S2. The summed E-state index contributed by atoms with van der Waals surface area (Å²) in [5.41, 5.74) is 1.04. The van der Waals surface area contributed by atoms with Crippen LogP contribution in [0.4, 0.5) is 5.69 Å². The highest BCUT2D eigenvalue weighted by atomic mass is 33.2. The molecule has 0 aromatic heterocycles. The number of para-hydroxylation sites is 1. The van der Waals surface area contributed by atoms with Crippen LogP contribution < -0.4 is 4.72 Å². The lowest BCUT2D eigenvalue weighted by molar-refractivity contribution is 0.585. The molecule has 0 radical (unpaired) electrons. The van der Waals surface area contributed by atoms with Gasteiger partial charge in [0.2, 0.25) is 0 Å². The molecule has 0 saturated heterocycles. The molecule has 0 aliphatic heterocycles. The lowest BCUT2D eigenvalue weighted by Crippen LogP contribution is -2.23. The zero-order valence-corrected chi connectivity index (χ0v) is 12.3. The van der Waals surface area contributed by atoms with E-state index >= 15 is 0 Å². The van der Waals surface area contributed by atoms with Crippen LogP contribution in [0.15, 0.2) is 59.5 Å². The Balaban J connectivity index is 2.40. The van der Waals surface area contributed by atoms with Gasteiger partial charge >= 0.3 is 9.06 Å². The predicted molar refractivity (Wildman–Crippen MR) is 77.3 cm³/mol. The Morgan fingerprint density at radius 1 is 0.800 bits per heavy atom. The molecule has 0 aliphatic rings. The van der Waals surface area contributed by atoms with Gasteiger partial charge in [-0.2, -0.15) is 8.42 Å². The lowest BCUT2D eigenvalue weighted by Gasteiger charge is -2.09. The summed E-state index contributed by atoms with van der Waals surface area (Å²) >= 11 is 0. The largest absolute Gasteiger partial charge is 0.343 e. The number of benzene rings is 2. The highest BCUT2D eigenvalue weighted by molar-refractivity contribution is 8.67. The Bertz CT molecular complexity index is 795. The van der Waals surface area contributed by atoms with Crippen LogP contribution in [0.3, 0.4) is 0 Å². The van der Waals surface area contributed by atoms with Gasteiger partial charge in [-0.05, 0) is 31.2 Å². The first kappa shape index (κ1) is 14.5. The highest BCUT2D eigenvalue weighted by Gasteiger charge is 2.31. The van der Waals surface area contributed by atoms with Gasteiger partial charge < -0.3 is 0 Å². The maximum Gasteiger partial charge on any atom is 0.343 e. The number of hydrogen-bond acceptors (Lipinski definition) is 4. The van der Waals surface area contributed by atoms with Gasteiger partial charge in [0.15, 0.2) is 0 Å². The molecule has 0 spiro atoms. The molecule has 20 heavy (non-hydrogen) atoms. The normalized spacial score (nSPS) is 12.1. The lowest BCUT2D eigenvalue weighted by atomic mass is 10.2. The van der Waals surface area contributed by atoms with Crippen LogP contribution in [0, 0.1) is 6.92 Å². The van der Waals surface area contributed by atoms with Crippen LogP contribution in [-0.2, 0) is 17.9 Å². The van der Waals surface area contributed by atoms with Crippen molar-refractivity contribution in [2.24, 2.45) is 0 Å². The summed E-state index contributed by atoms with van der Waals surface area (Å²) in [5, 5.41) is 0. The number of nitrogens with one attached hydrogen (secondary N) is 1. The van der Waals surface area contributed by atoms with Crippen LogP contribution in [0.5, 0.6) is 0 Å². The van der Waals surface area contributed by atoms with Gasteiger partial charge in [-0.25, -0.2) is 8.42 Å². The molecule has 1 N–H and O–H groups in total.